The standard InChI is InChI=1S/C15H15FN4O2/c1-19-9-13(7-17-19)20-8-10(6-14(20)21)15(22)18-12-4-2-11(16)3-5-12/h2-5,7,9-10H,6,8H2,1H3,(H,18,22)/t10-/m1/s1. The minimum atomic E-state index is -0.433. The first-order valence-electron chi connectivity index (χ1n) is 6.88. The molecule has 0 aliphatic carbocycles. The molecule has 0 unspecified atom stereocenters. The second-order valence-electron chi connectivity index (χ2n) is 5.27. The molecule has 114 valence electrons. The molecule has 3 rings (SSSR count). The van der Waals surface area contributed by atoms with Crippen molar-refractivity contribution >= 4 is 23.2 Å². The third-order valence-corrected chi connectivity index (χ3v) is 3.61. The van der Waals surface area contributed by atoms with Gasteiger partial charge in [0.1, 0.15) is 5.82 Å². The number of aryl methyl sites for hydroxylation is 1. The van der Waals surface area contributed by atoms with Crippen molar-refractivity contribution in [2.45, 2.75) is 6.42 Å². The fourth-order valence-electron chi connectivity index (χ4n) is 2.46. The fourth-order valence-corrected chi connectivity index (χ4v) is 2.46. The van der Waals surface area contributed by atoms with E-state index in [0.29, 0.717) is 17.9 Å². The Hall–Kier alpha value is -2.70. The molecule has 2 heterocycles. The number of aromatic nitrogens is 2. The highest BCUT2D eigenvalue weighted by molar-refractivity contribution is 6.03. The molecule has 0 radical (unpaired) electrons. The number of benzene rings is 1. The topological polar surface area (TPSA) is 67.2 Å². The lowest BCUT2D eigenvalue weighted by Crippen LogP contribution is -2.27. The van der Waals surface area contributed by atoms with Crippen molar-refractivity contribution < 1.29 is 14.0 Å². The van der Waals surface area contributed by atoms with Crippen LogP contribution in [-0.2, 0) is 16.6 Å². The lowest BCUT2D eigenvalue weighted by Gasteiger charge is -2.14. The van der Waals surface area contributed by atoms with E-state index >= 15 is 0 Å². The first kappa shape index (κ1) is 14.2. The third kappa shape index (κ3) is 2.83. The number of nitrogens with zero attached hydrogens (tertiary/aromatic N) is 3. The van der Waals surface area contributed by atoms with Gasteiger partial charge in [0.05, 0.1) is 17.8 Å². The van der Waals surface area contributed by atoms with Crippen LogP contribution in [0.3, 0.4) is 0 Å². The number of hydrogen-bond donors (Lipinski definition) is 1. The largest absolute Gasteiger partial charge is 0.326 e. The van der Waals surface area contributed by atoms with E-state index in [1.54, 1.807) is 29.0 Å². The summed E-state index contributed by atoms with van der Waals surface area (Å²) in [7, 11) is 1.77. The molecule has 1 N–H and O–H groups in total. The zero-order valence-electron chi connectivity index (χ0n) is 12.0. The Kier molecular flexibility index (Phi) is 3.62. The van der Waals surface area contributed by atoms with E-state index < -0.39 is 5.92 Å². The van der Waals surface area contributed by atoms with Crippen LogP contribution in [0.5, 0.6) is 0 Å². The molecule has 22 heavy (non-hydrogen) atoms. The van der Waals surface area contributed by atoms with Crippen molar-refractivity contribution in [2.75, 3.05) is 16.8 Å². The van der Waals surface area contributed by atoms with Gasteiger partial charge in [-0.1, -0.05) is 0 Å². The number of nitrogens with one attached hydrogen (secondary N) is 1. The highest BCUT2D eigenvalue weighted by Gasteiger charge is 2.35. The number of rotatable bonds is 3. The zero-order valence-corrected chi connectivity index (χ0v) is 12.0. The van der Waals surface area contributed by atoms with Gasteiger partial charge in [0.2, 0.25) is 11.8 Å². The van der Waals surface area contributed by atoms with Gasteiger partial charge in [-0.25, -0.2) is 4.39 Å². The monoisotopic (exact) mass is 302 g/mol. The predicted octanol–water partition coefficient (Wildman–Crippen LogP) is 1.55. The summed E-state index contributed by atoms with van der Waals surface area (Å²) in [6.45, 7) is 0.317. The molecular weight excluding hydrogens is 287 g/mol. The fraction of sp³-hybridized carbons (Fsp3) is 0.267. The Morgan fingerprint density at radius 2 is 2.09 bits per heavy atom. The smallest absolute Gasteiger partial charge is 0.229 e. The maximum atomic E-state index is 12.8. The molecule has 7 heteroatoms. The molecule has 1 saturated heterocycles. The van der Waals surface area contributed by atoms with Crippen molar-refractivity contribution in [3.63, 3.8) is 0 Å². The summed E-state index contributed by atoms with van der Waals surface area (Å²) in [5.74, 6) is -1.15. The van der Waals surface area contributed by atoms with Crippen molar-refractivity contribution in [3.8, 4) is 0 Å². The maximum Gasteiger partial charge on any atom is 0.229 e. The summed E-state index contributed by atoms with van der Waals surface area (Å²) >= 11 is 0. The molecule has 0 spiro atoms. The molecular formula is C15H15FN4O2. The number of anilines is 2. The molecule has 2 aromatic rings. The summed E-state index contributed by atoms with van der Waals surface area (Å²) in [5, 5.41) is 6.73. The first-order chi connectivity index (χ1) is 10.5. The van der Waals surface area contributed by atoms with E-state index in [1.165, 1.54) is 24.3 Å². The molecule has 0 saturated carbocycles. The summed E-state index contributed by atoms with van der Waals surface area (Å²) in [6.07, 6.45) is 3.48. The summed E-state index contributed by atoms with van der Waals surface area (Å²) in [5.41, 5.74) is 1.20. The van der Waals surface area contributed by atoms with Gasteiger partial charge < -0.3 is 10.2 Å². The SMILES string of the molecule is Cn1cc(N2C[C@H](C(=O)Nc3ccc(F)cc3)CC2=O)cn1. The second kappa shape index (κ2) is 5.59. The van der Waals surface area contributed by atoms with E-state index in [-0.39, 0.29) is 24.1 Å². The molecule has 1 aromatic carbocycles. The molecule has 1 aliphatic rings. The molecule has 2 amide bonds. The molecule has 0 bridgehead atoms. The molecule has 1 aliphatic heterocycles. The Morgan fingerprint density at radius 1 is 1.36 bits per heavy atom. The lowest BCUT2D eigenvalue weighted by atomic mass is 10.1. The van der Waals surface area contributed by atoms with Gasteiger partial charge >= 0.3 is 0 Å². The van der Waals surface area contributed by atoms with Crippen molar-refractivity contribution in [3.05, 3.63) is 42.5 Å². The van der Waals surface area contributed by atoms with Crippen LogP contribution in [0.2, 0.25) is 0 Å². The molecule has 1 atom stereocenters. The Balaban J connectivity index is 1.67. The van der Waals surface area contributed by atoms with Crippen LogP contribution in [0.1, 0.15) is 6.42 Å². The minimum Gasteiger partial charge on any atom is -0.326 e. The first-order valence-corrected chi connectivity index (χ1v) is 6.88. The van der Waals surface area contributed by atoms with Crippen molar-refractivity contribution in [1.82, 2.24) is 9.78 Å². The van der Waals surface area contributed by atoms with Gasteiger partial charge in [-0.15, -0.1) is 0 Å². The Morgan fingerprint density at radius 3 is 2.73 bits per heavy atom. The van der Waals surface area contributed by atoms with E-state index in [4.69, 9.17) is 0 Å². The predicted molar refractivity (Wildman–Crippen MR) is 78.7 cm³/mol. The number of halogens is 1. The lowest BCUT2D eigenvalue weighted by molar-refractivity contribution is -0.122. The average Bonchev–Trinajstić information content (AvgIpc) is 3.07. The van der Waals surface area contributed by atoms with Crippen LogP contribution in [0.25, 0.3) is 0 Å². The number of carbonyl (C=O) groups excluding carboxylic acids is 2. The summed E-state index contributed by atoms with van der Waals surface area (Å²) in [4.78, 5) is 25.8. The molecule has 1 aromatic heterocycles. The Bertz CT molecular complexity index is 711. The minimum absolute atomic E-state index is 0.104. The van der Waals surface area contributed by atoms with E-state index in [1.807, 2.05) is 0 Å². The number of carbonyl (C=O) groups is 2. The van der Waals surface area contributed by atoms with Crippen molar-refractivity contribution in [2.24, 2.45) is 13.0 Å². The van der Waals surface area contributed by atoms with Crippen LogP contribution in [0, 0.1) is 11.7 Å². The van der Waals surface area contributed by atoms with Crippen LogP contribution >= 0.6 is 0 Å². The van der Waals surface area contributed by atoms with Gasteiger partial charge in [-0.3, -0.25) is 14.3 Å². The van der Waals surface area contributed by atoms with Crippen LogP contribution in [0.15, 0.2) is 36.7 Å². The van der Waals surface area contributed by atoms with Crippen molar-refractivity contribution in [1.29, 1.82) is 0 Å². The molecule has 6 nitrogen and oxygen atoms in total. The van der Waals surface area contributed by atoms with E-state index in [9.17, 15) is 14.0 Å². The van der Waals surface area contributed by atoms with Gasteiger partial charge in [-0.2, -0.15) is 5.10 Å². The van der Waals surface area contributed by atoms with Crippen LogP contribution in [-0.4, -0.2) is 28.1 Å². The number of amides is 2. The zero-order chi connectivity index (χ0) is 15.7. The Labute approximate surface area is 126 Å². The maximum absolute atomic E-state index is 12.8. The second-order valence-corrected chi connectivity index (χ2v) is 5.27. The van der Waals surface area contributed by atoms with Gasteiger partial charge in [-0.05, 0) is 24.3 Å². The van der Waals surface area contributed by atoms with Gasteiger partial charge in [0.25, 0.3) is 0 Å². The summed E-state index contributed by atoms with van der Waals surface area (Å²) in [6, 6.07) is 5.53. The van der Waals surface area contributed by atoms with E-state index in [0.717, 1.165) is 0 Å². The van der Waals surface area contributed by atoms with Gasteiger partial charge in [0, 0.05) is 31.9 Å². The normalized spacial score (nSPS) is 17.8. The highest BCUT2D eigenvalue weighted by Crippen LogP contribution is 2.25. The quantitative estimate of drug-likeness (QED) is 0.935. The van der Waals surface area contributed by atoms with Gasteiger partial charge in [0.15, 0.2) is 0 Å². The van der Waals surface area contributed by atoms with E-state index in [2.05, 4.69) is 10.4 Å². The molecule has 1 fully saturated rings. The average molecular weight is 302 g/mol. The summed E-state index contributed by atoms with van der Waals surface area (Å²) < 4.78 is 14.5. The highest BCUT2D eigenvalue weighted by atomic mass is 19.1. The number of hydrogen-bond acceptors (Lipinski definition) is 3. The van der Waals surface area contributed by atoms with Crippen LogP contribution < -0.4 is 10.2 Å². The van der Waals surface area contributed by atoms with Crippen LogP contribution in [0.4, 0.5) is 15.8 Å². The third-order valence-electron chi connectivity index (χ3n) is 3.61.